The minimum absolute atomic E-state index is 0.0188. The summed E-state index contributed by atoms with van der Waals surface area (Å²) in [5, 5.41) is 11.1. The Morgan fingerprint density at radius 1 is 0.857 bits per heavy atom. The SMILES string of the molecule is O=C1C(=O)N(c2ccccc2)C(c2cccc(OCc3ccccc3)c2)/C1=C(/O)c1ccncc1. The van der Waals surface area contributed by atoms with Gasteiger partial charge in [-0.3, -0.25) is 19.5 Å². The van der Waals surface area contributed by atoms with Gasteiger partial charge in [0.05, 0.1) is 11.6 Å². The summed E-state index contributed by atoms with van der Waals surface area (Å²) in [5.74, 6) is -1.10. The van der Waals surface area contributed by atoms with Gasteiger partial charge in [-0.05, 0) is 47.5 Å². The van der Waals surface area contributed by atoms with Gasteiger partial charge in [-0.15, -0.1) is 0 Å². The zero-order valence-electron chi connectivity index (χ0n) is 18.7. The van der Waals surface area contributed by atoms with E-state index in [0.29, 0.717) is 29.2 Å². The van der Waals surface area contributed by atoms with Crippen LogP contribution in [0.5, 0.6) is 5.75 Å². The van der Waals surface area contributed by atoms with Gasteiger partial charge in [-0.1, -0.05) is 60.7 Å². The van der Waals surface area contributed by atoms with Crippen LogP contribution in [0.25, 0.3) is 5.76 Å². The Kier molecular flexibility index (Phi) is 6.09. The molecule has 0 saturated carbocycles. The molecule has 1 aliphatic heterocycles. The minimum atomic E-state index is -0.828. The van der Waals surface area contributed by atoms with Crippen molar-refractivity contribution in [1.82, 2.24) is 4.98 Å². The van der Waals surface area contributed by atoms with Crippen molar-refractivity contribution < 1.29 is 19.4 Å². The first kappa shape index (κ1) is 22.1. The van der Waals surface area contributed by atoms with Gasteiger partial charge in [-0.25, -0.2) is 0 Å². The Hall–Kier alpha value is -4.71. The third-order valence-corrected chi connectivity index (χ3v) is 5.85. The van der Waals surface area contributed by atoms with Crippen molar-refractivity contribution in [3.8, 4) is 5.75 Å². The van der Waals surface area contributed by atoms with E-state index in [1.165, 1.54) is 17.3 Å². The molecule has 1 saturated heterocycles. The van der Waals surface area contributed by atoms with E-state index < -0.39 is 17.7 Å². The number of nitrogens with zero attached hydrogens (tertiary/aromatic N) is 2. The summed E-state index contributed by atoms with van der Waals surface area (Å²) < 4.78 is 5.99. The van der Waals surface area contributed by atoms with E-state index in [1.807, 2.05) is 54.6 Å². The first-order chi connectivity index (χ1) is 17.1. The van der Waals surface area contributed by atoms with E-state index >= 15 is 0 Å². The number of ketones is 1. The number of benzene rings is 3. The van der Waals surface area contributed by atoms with Crippen LogP contribution in [0.1, 0.15) is 22.7 Å². The number of pyridine rings is 1. The summed E-state index contributed by atoms with van der Waals surface area (Å²) in [6, 6.07) is 28.4. The molecule has 3 aromatic carbocycles. The fourth-order valence-electron chi connectivity index (χ4n) is 4.18. The number of ether oxygens (including phenoxy) is 1. The first-order valence-electron chi connectivity index (χ1n) is 11.2. The summed E-state index contributed by atoms with van der Waals surface area (Å²) in [6.07, 6.45) is 3.05. The van der Waals surface area contributed by atoms with E-state index in [9.17, 15) is 14.7 Å². The second-order valence-corrected chi connectivity index (χ2v) is 8.09. The monoisotopic (exact) mass is 462 g/mol. The Labute approximate surface area is 202 Å². The number of carbonyl (C=O) groups excluding carboxylic acids is 2. The number of carbonyl (C=O) groups is 2. The Bertz CT molecular complexity index is 1390. The molecule has 172 valence electrons. The van der Waals surface area contributed by atoms with Crippen LogP contribution in [0.15, 0.2) is 115 Å². The molecule has 1 aromatic heterocycles. The standard InChI is InChI=1S/C29H22N2O4/c32-27(21-14-16-30-17-15-21)25-26(31(29(34)28(25)33)23-11-5-2-6-12-23)22-10-7-13-24(18-22)35-19-20-8-3-1-4-9-20/h1-18,26,32H,19H2/b27-25-. The van der Waals surface area contributed by atoms with Crippen molar-refractivity contribution in [1.29, 1.82) is 0 Å². The highest BCUT2D eigenvalue weighted by atomic mass is 16.5. The average Bonchev–Trinajstić information content (AvgIpc) is 3.19. The molecule has 0 spiro atoms. The second kappa shape index (κ2) is 9.65. The Balaban J connectivity index is 1.59. The lowest BCUT2D eigenvalue weighted by molar-refractivity contribution is -0.132. The maximum absolute atomic E-state index is 13.2. The first-order valence-corrected chi connectivity index (χ1v) is 11.2. The summed E-state index contributed by atoms with van der Waals surface area (Å²) in [5.41, 5.74) is 2.65. The predicted octanol–water partition coefficient (Wildman–Crippen LogP) is 5.29. The van der Waals surface area contributed by atoms with Crippen molar-refractivity contribution in [2.45, 2.75) is 12.6 Å². The number of amides is 1. The van der Waals surface area contributed by atoms with Crippen LogP contribution in [0.2, 0.25) is 0 Å². The van der Waals surface area contributed by atoms with Crippen molar-refractivity contribution in [2.75, 3.05) is 4.90 Å². The van der Waals surface area contributed by atoms with Gasteiger partial charge in [0, 0.05) is 23.6 Å². The highest BCUT2D eigenvalue weighted by molar-refractivity contribution is 6.51. The zero-order chi connectivity index (χ0) is 24.2. The summed E-state index contributed by atoms with van der Waals surface area (Å²) in [7, 11) is 0. The van der Waals surface area contributed by atoms with Crippen LogP contribution < -0.4 is 9.64 Å². The summed E-state index contributed by atoms with van der Waals surface area (Å²) in [6.45, 7) is 0.375. The molecular weight excluding hydrogens is 440 g/mol. The minimum Gasteiger partial charge on any atom is -0.507 e. The molecule has 6 nitrogen and oxygen atoms in total. The number of para-hydroxylation sites is 1. The van der Waals surface area contributed by atoms with E-state index in [-0.39, 0.29) is 11.3 Å². The van der Waals surface area contributed by atoms with Gasteiger partial charge in [0.15, 0.2) is 0 Å². The molecule has 1 unspecified atom stereocenters. The van der Waals surface area contributed by atoms with Gasteiger partial charge in [-0.2, -0.15) is 0 Å². The number of Topliss-reactive ketones (excluding diaryl/α,β-unsaturated/α-hetero) is 1. The fourth-order valence-corrected chi connectivity index (χ4v) is 4.18. The summed E-state index contributed by atoms with van der Waals surface area (Å²) >= 11 is 0. The number of hydrogen-bond donors (Lipinski definition) is 1. The largest absolute Gasteiger partial charge is 0.507 e. The van der Waals surface area contributed by atoms with E-state index in [4.69, 9.17) is 4.74 Å². The summed E-state index contributed by atoms with van der Waals surface area (Å²) in [4.78, 5) is 31.8. The number of aromatic nitrogens is 1. The van der Waals surface area contributed by atoms with Crippen molar-refractivity contribution >= 4 is 23.1 Å². The Morgan fingerprint density at radius 3 is 2.26 bits per heavy atom. The number of anilines is 1. The van der Waals surface area contributed by atoms with E-state index in [1.54, 1.807) is 42.5 Å². The Morgan fingerprint density at radius 2 is 1.54 bits per heavy atom. The van der Waals surface area contributed by atoms with E-state index in [2.05, 4.69) is 4.98 Å². The topological polar surface area (TPSA) is 79.7 Å². The molecule has 1 fully saturated rings. The maximum atomic E-state index is 13.2. The van der Waals surface area contributed by atoms with Gasteiger partial charge in [0.25, 0.3) is 11.7 Å². The van der Waals surface area contributed by atoms with Crippen LogP contribution in [-0.2, 0) is 16.2 Å². The van der Waals surface area contributed by atoms with Crippen LogP contribution in [0.3, 0.4) is 0 Å². The molecular formula is C29H22N2O4. The van der Waals surface area contributed by atoms with Crippen LogP contribution >= 0.6 is 0 Å². The molecule has 0 radical (unpaired) electrons. The van der Waals surface area contributed by atoms with Crippen molar-refractivity contribution in [2.24, 2.45) is 0 Å². The third-order valence-electron chi connectivity index (χ3n) is 5.85. The molecule has 6 heteroatoms. The van der Waals surface area contributed by atoms with Crippen LogP contribution in [-0.4, -0.2) is 21.8 Å². The third kappa shape index (κ3) is 4.42. The molecule has 0 aliphatic carbocycles. The van der Waals surface area contributed by atoms with E-state index in [0.717, 1.165) is 5.56 Å². The number of aliphatic hydroxyl groups is 1. The molecule has 35 heavy (non-hydrogen) atoms. The van der Waals surface area contributed by atoms with Gasteiger partial charge < -0.3 is 9.84 Å². The number of hydrogen-bond acceptors (Lipinski definition) is 5. The molecule has 2 heterocycles. The number of aliphatic hydroxyl groups excluding tert-OH is 1. The van der Waals surface area contributed by atoms with Gasteiger partial charge >= 0.3 is 0 Å². The van der Waals surface area contributed by atoms with Crippen LogP contribution in [0, 0.1) is 0 Å². The lowest BCUT2D eigenvalue weighted by Gasteiger charge is -2.25. The van der Waals surface area contributed by atoms with Crippen molar-refractivity contribution in [3.05, 3.63) is 132 Å². The lowest BCUT2D eigenvalue weighted by Crippen LogP contribution is -2.29. The second-order valence-electron chi connectivity index (χ2n) is 8.09. The molecule has 1 N–H and O–H groups in total. The highest BCUT2D eigenvalue weighted by Gasteiger charge is 2.47. The molecule has 5 rings (SSSR count). The highest BCUT2D eigenvalue weighted by Crippen LogP contribution is 2.42. The maximum Gasteiger partial charge on any atom is 0.300 e. The van der Waals surface area contributed by atoms with Gasteiger partial charge in [0.2, 0.25) is 0 Å². The molecule has 1 amide bonds. The normalized spacial score (nSPS) is 16.9. The molecule has 1 aliphatic rings. The molecule has 0 bridgehead atoms. The molecule has 4 aromatic rings. The number of rotatable bonds is 6. The lowest BCUT2D eigenvalue weighted by atomic mass is 9.95. The predicted molar refractivity (Wildman–Crippen MR) is 133 cm³/mol. The zero-order valence-corrected chi connectivity index (χ0v) is 18.7. The quantitative estimate of drug-likeness (QED) is 0.239. The van der Waals surface area contributed by atoms with Gasteiger partial charge in [0.1, 0.15) is 18.1 Å². The fraction of sp³-hybridized carbons (Fsp3) is 0.0690. The average molecular weight is 463 g/mol. The smallest absolute Gasteiger partial charge is 0.300 e. The van der Waals surface area contributed by atoms with Crippen molar-refractivity contribution in [3.63, 3.8) is 0 Å². The molecule has 1 atom stereocenters. The van der Waals surface area contributed by atoms with Crippen LogP contribution in [0.4, 0.5) is 5.69 Å².